The third kappa shape index (κ3) is 5.49. The van der Waals surface area contributed by atoms with Gasteiger partial charge in [0, 0.05) is 72.2 Å². The molecule has 43 heavy (non-hydrogen) atoms. The van der Waals surface area contributed by atoms with Crippen molar-refractivity contribution in [3.8, 4) is 6.07 Å². The molecule has 1 N–H and O–H groups in total. The summed E-state index contributed by atoms with van der Waals surface area (Å²) in [6.07, 6.45) is 1.90. The molecule has 0 aliphatic carbocycles. The number of rotatable bonds is 6. The first-order valence-corrected chi connectivity index (χ1v) is 15.3. The summed E-state index contributed by atoms with van der Waals surface area (Å²) < 4.78 is -1.18. The third-order valence-corrected chi connectivity index (χ3v) is 9.96. The topological polar surface area (TPSA) is 101 Å². The number of benzene rings is 3. The Balaban J connectivity index is 1.49. The summed E-state index contributed by atoms with van der Waals surface area (Å²) in [7, 11) is 0. The molecular formula is C33H30ClN5O3S. The third-order valence-electron chi connectivity index (χ3n) is 8.31. The van der Waals surface area contributed by atoms with Crippen molar-refractivity contribution in [2.24, 2.45) is 0 Å². The highest BCUT2D eigenvalue weighted by Gasteiger charge is 2.59. The Morgan fingerprint density at radius 2 is 1.72 bits per heavy atom. The van der Waals surface area contributed by atoms with Gasteiger partial charge in [-0.25, -0.2) is 0 Å². The van der Waals surface area contributed by atoms with E-state index in [9.17, 15) is 19.6 Å². The lowest BCUT2D eigenvalue weighted by molar-refractivity contribution is -0.140. The predicted molar refractivity (Wildman–Crippen MR) is 166 cm³/mol. The highest BCUT2D eigenvalue weighted by molar-refractivity contribution is 8.01. The number of aromatic amines is 1. The van der Waals surface area contributed by atoms with E-state index in [1.165, 1.54) is 11.8 Å². The van der Waals surface area contributed by atoms with Gasteiger partial charge in [0.05, 0.1) is 24.1 Å². The highest BCUT2D eigenvalue weighted by atomic mass is 35.5. The number of nitrogens with zero attached hydrogens (tertiary/aromatic N) is 4. The molecular weight excluding hydrogens is 582 g/mol. The van der Waals surface area contributed by atoms with Crippen molar-refractivity contribution >= 4 is 52.0 Å². The first-order chi connectivity index (χ1) is 20.8. The molecule has 3 amide bonds. The van der Waals surface area contributed by atoms with Gasteiger partial charge in [-0.3, -0.25) is 14.4 Å². The molecule has 3 heterocycles. The van der Waals surface area contributed by atoms with E-state index < -0.39 is 10.8 Å². The lowest BCUT2D eigenvalue weighted by atomic mass is 9.90. The number of fused-ring (bicyclic) bond motifs is 1. The minimum Gasteiger partial charge on any atom is -0.361 e. The van der Waals surface area contributed by atoms with Gasteiger partial charge < -0.3 is 19.7 Å². The first-order valence-electron chi connectivity index (χ1n) is 14.1. The molecule has 1 aromatic heterocycles. The summed E-state index contributed by atoms with van der Waals surface area (Å²) in [4.78, 5) is 50.6. The van der Waals surface area contributed by atoms with Crippen LogP contribution in [-0.4, -0.2) is 68.3 Å². The standard InChI is InChI=1S/C33H30ClN5O3S/c1-22(40)37-13-15-38(16-14-37)32(42)33(43-26-5-3-2-4-6-26)18-30(41)39(21-24-9-7-23(19-35)8-10-24)31(33)28-20-36-29-17-25(34)11-12-27(28)29/h2-12,17,20,31,36H,13-16,18,21H2,1H3/t31-,33-/m0/s1. The van der Waals surface area contributed by atoms with E-state index in [0.29, 0.717) is 36.8 Å². The van der Waals surface area contributed by atoms with Gasteiger partial charge in [0.1, 0.15) is 4.75 Å². The van der Waals surface area contributed by atoms with Crippen LogP contribution in [0.4, 0.5) is 0 Å². The first kappa shape index (κ1) is 28.8. The molecule has 8 nitrogen and oxygen atoms in total. The number of carbonyl (C=O) groups is 3. The van der Waals surface area contributed by atoms with Gasteiger partial charge >= 0.3 is 0 Å². The number of nitriles is 1. The minimum atomic E-state index is -1.18. The monoisotopic (exact) mass is 611 g/mol. The number of hydrogen-bond acceptors (Lipinski definition) is 5. The fraction of sp³-hybridized carbons (Fsp3) is 0.273. The van der Waals surface area contributed by atoms with E-state index >= 15 is 0 Å². The van der Waals surface area contributed by atoms with Crippen LogP contribution in [0.15, 0.2) is 83.9 Å². The Hall–Kier alpha value is -4.26. The number of piperazine rings is 1. The molecule has 2 fully saturated rings. The van der Waals surface area contributed by atoms with Crippen molar-refractivity contribution in [3.63, 3.8) is 0 Å². The number of amides is 3. The SMILES string of the molecule is CC(=O)N1CCN(C(=O)[C@]2(Sc3ccccc3)CC(=O)N(Cc3ccc(C#N)cc3)[C@H]2c2c[nH]c3cc(Cl)ccc23)CC1. The van der Waals surface area contributed by atoms with Crippen molar-refractivity contribution in [1.82, 2.24) is 19.7 Å². The molecule has 3 aromatic carbocycles. The fourth-order valence-electron chi connectivity index (χ4n) is 6.16. The quantitative estimate of drug-likeness (QED) is 0.315. The second kappa shape index (κ2) is 11.8. The maximum Gasteiger partial charge on any atom is 0.242 e. The van der Waals surface area contributed by atoms with E-state index in [1.54, 1.807) is 28.9 Å². The molecule has 6 rings (SSSR count). The Labute approximate surface area is 259 Å². The summed E-state index contributed by atoms with van der Waals surface area (Å²) in [6, 6.07) is 24.0. The van der Waals surface area contributed by atoms with Crippen LogP contribution in [0.1, 0.15) is 36.1 Å². The number of thioether (sulfide) groups is 1. The van der Waals surface area contributed by atoms with E-state index in [4.69, 9.17) is 11.6 Å². The number of H-pyrrole nitrogens is 1. The van der Waals surface area contributed by atoms with Crippen LogP contribution < -0.4 is 0 Å². The van der Waals surface area contributed by atoms with Crippen molar-refractivity contribution in [2.45, 2.75) is 35.6 Å². The number of hydrogen-bond donors (Lipinski definition) is 1. The van der Waals surface area contributed by atoms with Gasteiger partial charge in [0.25, 0.3) is 0 Å². The average Bonchev–Trinajstić information content (AvgIpc) is 3.55. The Morgan fingerprint density at radius 3 is 2.40 bits per heavy atom. The van der Waals surface area contributed by atoms with Gasteiger partial charge in [-0.15, -0.1) is 11.8 Å². The molecule has 0 spiro atoms. The van der Waals surface area contributed by atoms with Crippen LogP contribution in [0.5, 0.6) is 0 Å². The van der Waals surface area contributed by atoms with E-state index in [0.717, 1.165) is 26.9 Å². The van der Waals surface area contributed by atoms with Gasteiger partial charge in [-0.2, -0.15) is 5.26 Å². The van der Waals surface area contributed by atoms with Crippen molar-refractivity contribution in [2.75, 3.05) is 26.2 Å². The van der Waals surface area contributed by atoms with E-state index in [-0.39, 0.29) is 30.7 Å². The normalized spacial score (nSPS) is 20.4. The van der Waals surface area contributed by atoms with Crippen LogP contribution in [0.25, 0.3) is 10.9 Å². The van der Waals surface area contributed by atoms with Crippen molar-refractivity contribution < 1.29 is 14.4 Å². The van der Waals surface area contributed by atoms with Gasteiger partial charge in [-0.1, -0.05) is 48.0 Å². The number of aromatic nitrogens is 1. The van der Waals surface area contributed by atoms with Crippen molar-refractivity contribution in [3.05, 3.63) is 101 Å². The summed E-state index contributed by atoms with van der Waals surface area (Å²) in [5.41, 5.74) is 3.06. The molecule has 2 atom stereocenters. The molecule has 4 aromatic rings. The van der Waals surface area contributed by atoms with Crippen LogP contribution in [0.2, 0.25) is 5.02 Å². The van der Waals surface area contributed by atoms with Crippen LogP contribution in [0.3, 0.4) is 0 Å². The molecule has 10 heteroatoms. The summed E-state index contributed by atoms with van der Waals surface area (Å²) in [5.74, 6) is -0.259. The smallest absolute Gasteiger partial charge is 0.242 e. The second-order valence-electron chi connectivity index (χ2n) is 10.9. The molecule has 0 saturated carbocycles. The Bertz CT molecular complexity index is 1730. The largest absolute Gasteiger partial charge is 0.361 e. The molecule has 0 radical (unpaired) electrons. The lowest BCUT2D eigenvalue weighted by Crippen LogP contribution is -2.56. The van der Waals surface area contributed by atoms with E-state index in [1.807, 2.05) is 71.8 Å². The molecule has 2 saturated heterocycles. The zero-order valence-corrected chi connectivity index (χ0v) is 25.2. The number of likely N-dealkylation sites (tertiary alicyclic amines) is 1. The molecule has 0 unspecified atom stereocenters. The summed E-state index contributed by atoms with van der Waals surface area (Å²) in [6.45, 7) is 3.52. The molecule has 2 aliphatic heterocycles. The number of halogens is 1. The van der Waals surface area contributed by atoms with Crippen molar-refractivity contribution in [1.29, 1.82) is 5.26 Å². The van der Waals surface area contributed by atoms with Crippen LogP contribution in [0, 0.1) is 11.3 Å². The van der Waals surface area contributed by atoms with Gasteiger partial charge in [0.2, 0.25) is 17.7 Å². The fourth-order valence-corrected chi connectivity index (χ4v) is 7.83. The van der Waals surface area contributed by atoms with E-state index in [2.05, 4.69) is 11.1 Å². The Kier molecular flexibility index (Phi) is 7.91. The molecule has 218 valence electrons. The molecule has 2 aliphatic rings. The van der Waals surface area contributed by atoms with Crippen LogP contribution in [-0.2, 0) is 20.9 Å². The maximum absolute atomic E-state index is 14.9. The predicted octanol–water partition coefficient (Wildman–Crippen LogP) is 5.39. The number of nitrogens with one attached hydrogen (secondary N) is 1. The summed E-state index contributed by atoms with van der Waals surface area (Å²) in [5, 5.41) is 10.8. The summed E-state index contributed by atoms with van der Waals surface area (Å²) >= 11 is 7.75. The lowest BCUT2D eigenvalue weighted by Gasteiger charge is -2.42. The van der Waals surface area contributed by atoms with Gasteiger partial charge in [-0.05, 0) is 42.0 Å². The van der Waals surface area contributed by atoms with Crippen LogP contribution >= 0.6 is 23.4 Å². The zero-order chi connectivity index (χ0) is 30.1. The number of carbonyl (C=O) groups excluding carboxylic acids is 3. The van der Waals surface area contributed by atoms with Gasteiger partial charge in [0.15, 0.2) is 0 Å². The average molecular weight is 612 g/mol. The Morgan fingerprint density at radius 1 is 1.02 bits per heavy atom. The maximum atomic E-state index is 14.9. The second-order valence-corrected chi connectivity index (χ2v) is 12.8. The highest BCUT2D eigenvalue weighted by Crippen LogP contribution is 2.55. The minimum absolute atomic E-state index is 0.0134. The molecule has 0 bridgehead atoms. The zero-order valence-electron chi connectivity index (χ0n) is 23.6.